The number of hydrogen-bond acceptors (Lipinski definition) is 6. The highest BCUT2D eigenvalue weighted by atomic mass is 32.2. The summed E-state index contributed by atoms with van der Waals surface area (Å²) in [5, 5.41) is 11.0. The molecule has 1 aromatic heterocycles. The normalized spacial score (nSPS) is 24.0. The largest absolute Gasteiger partial charge is 0.376 e. The smallest absolute Gasteiger partial charge is 0.208 e. The first-order valence-corrected chi connectivity index (χ1v) is 14.1. The van der Waals surface area contributed by atoms with Gasteiger partial charge >= 0.3 is 0 Å². The van der Waals surface area contributed by atoms with Gasteiger partial charge in [-0.1, -0.05) is 36.4 Å². The van der Waals surface area contributed by atoms with Crippen LogP contribution in [0.15, 0.2) is 72.7 Å². The summed E-state index contributed by atoms with van der Waals surface area (Å²) in [4.78, 5) is 6.00. The lowest BCUT2D eigenvalue weighted by Gasteiger charge is -2.39. The molecule has 4 rings (SSSR count). The monoisotopic (exact) mass is 497 g/mol. The number of aliphatic hydroxyl groups is 1. The zero-order valence-corrected chi connectivity index (χ0v) is 21.2. The van der Waals surface area contributed by atoms with Gasteiger partial charge in [-0.25, -0.2) is 13.1 Å². The van der Waals surface area contributed by atoms with Gasteiger partial charge in [0, 0.05) is 30.7 Å². The number of allylic oxidation sites excluding steroid dienone is 2. The zero-order valence-electron chi connectivity index (χ0n) is 20.4. The quantitative estimate of drug-likeness (QED) is 0.549. The number of aromatic nitrogens is 1. The standard InChI is InChI=1S/C27H35N3O4S/c1-20-15-24(23-9-6-14-28-16-23)18-30(27(20)31)25(17-29-35(2,32)33)19-34-26-12-10-22(11-13-26)21-7-4-3-5-8-21/h3-9,14-16,18,22,25-27,29,31H,10-13,17,19H2,1-2H3. The molecule has 2 aromatic rings. The molecule has 2 heterocycles. The molecule has 0 saturated heterocycles. The van der Waals surface area contributed by atoms with Crippen LogP contribution < -0.4 is 4.72 Å². The predicted octanol–water partition coefficient (Wildman–Crippen LogP) is 3.66. The lowest BCUT2D eigenvalue weighted by Crippen LogP contribution is -2.50. The van der Waals surface area contributed by atoms with E-state index in [9.17, 15) is 13.5 Å². The summed E-state index contributed by atoms with van der Waals surface area (Å²) in [6, 6.07) is 14.1. The van der Waals surface area contributed by atoms with Gasteiger partial charge in [-0.15, -0.1) is 0 Å². The van der Waals surface area contributed by atoms with Crippen LogP contribution in [0.2, 0.25) is 0 Å². The minimum Gasteiger partial charge on any atom is -0.376 e. The van der Waals surface area contributed by atoms with E-state index in [2.05, 4.69) is 34.0 Å². The second kappa shape index (κ2) is 11.5. The first-order chi connectivity index (χ1) is 16.8. The Bertz CT molecular complexity index is 1130. The van der Waals surface area contributed by atoms with Crippen molar-refractivity contribution >= 4 is 15.6 Å². The summed E-state index contributed by atoms with van der Waals surface area (Å²) < 4.78 is 32.6. The van der Waals surface area contributed by atoms with Crippen LogP contribution in [0, 0.1) is 0 Å². The van der Waals surface area contributed by atoms with Crippen molar-refractivity contribution in [1.29, 1.82) is 0 Å². The number of aliphatic hydroxyl groups excluding tert-OH is 1. The third-order valence-corrected chi connectivity index (χ3v) is 7.52. The van der Waals surface area contributed by atoms with E-state index in [4.69, 9.17) is 4.74 Å². The highest BCUT2D eigenvalue weighted by Gasteiger charge is 2.30. The van der Waals surface area contributed by atoms with Gasteiger partial charge in [0.1, 0.15) is 6.23 Å². The summed E-state index contributed by atoms with van der Waals surface area (Å²) >= 11 is 0. The molecule has 2 N–H and O–H groups in total. The molecule has 35 heavy (non-hydrogen) atoms. The molecule has 0 radical (unpaired) electrons. The molecule has 7 nitrogen and oxygen atoms in total. The number of ether oxygens (including phenoxy) is 1. The van der Waals surface area contributed by atoms with Crippen LogP contribution in [0.5, 0.6) is 0 Å². The summed E-state index contributed by atoms with van der Waals surface area (Å²) in [6.07, 6.45) is 11.8. The summed E-state index contributed by atoms with van der Waals surface area (Å²) in [5.41, 5.74) is 4.00. The van der Waals surface area contributed by atoms with Gasteiger partial charge in [0.05, 0.1) is 25.0 Å². The lowest BCUT2D eigenvalue weighted by atomic mass is 9.83. The Kier molecular flexibility index (Phi) is 8.38. The maximum Gasteiger partial charge on any atom is 0.208 e. The maximum absolute atomic E-state index is 11.9. The maximum atomic E-state index is 11.9. The molecule has 1 aromatic carbocycles. The second-order valence-electron chi connectivity index (χ2n) is 9.53. The third kappa shape index (κ3) is 7.01. The molecule has 1 fully saturated rings. The average Bonchev–Trinajstić information content (AvgIpc) is 2.87. The molecule has 2 unspecified atom stereocenters. The molecule has 1 aliphatic heterocycles. The fourth-order valence-electron chi connectivity index (χ4n) is 4.85. The molecule has 1 saturated carbocycles. The Morgan fingerprint density at radius 3 is 2.54 bits per heavy atom. The Balaban J connectivity index is 1.45. The van der Waals surface area contributed by atoms with Crippen molar-refractivity contribution in [2.24, 2.45) is 0 Å². The van der Waals surface area contributed by atoms with E-state index in [0.29, 0.717) is 12.5 Å². The number of benzene rings is 1. The molecular weight excluding hydrogens is 462 g/mol. The molecule has 0 amide bonds. The summed E-state index contributed by atoms with van der Waals surface area (Å²) in [7, 11) is -3.39. The second-order valence-corrected chi connectivity index (χ2v) is 11.4. The van der Waals surface area contributed by atoms with Gasteiger partial charge < -0.3 is 14.7 Å². The third-order valence-electron chi connectivity index (χ3n) is 6.83. The summed E-state index contributed by atoms with van der Waals surface area (Å²) in [6.45, 7) is 2.32. The molecule has 188 valence electrons. The minimum atomic E-state index is -3.39. The molecule has 1 aliphatic carbocycles. The van der Waals surface area contributed by atoms with Crippen LogP contribution in [0.3, 0.4) is 0 Å². The van der Waals surface area contributed by atoms with Crippen molar-refractivity contribution in [3.8, 4) is 0 Å². The number of nitrogens with one attached hydrogen (secondary N) is 1. The van der Waals surface area contributed by atoms with E-state index in [0.717, 1.165) is 48.6 Å². The van der Waals surface area contributed by atoms with E-state index >= 15 is 0 Å². The van der Waals surface area contributed by atoms with Crippen LogP contribution in [0.1, 0.15) is 49.7 Å². The van der Waals surface area contributed by atoms with E-state index in [1.807, 2.05) is 37.4 Å². The molecule has 0 spiro atoms. The number of rotatable bonds is 9. The van der Waals surface area contributed by atoms with Crippen LogP contribution >= 0.6 is 0 Å². The lowest BCUT2D eigenvalue weighted by molar-refractivity contribution is -0.0337. The Hall–Kier alpha value is -2.52. The van der Waals surface area contributed by atoms with Crippen molar-refractivity contribution in [3.63, 3.8) is 0 Å². The zero-order chi connectivity index (χ0) is 24.8. The van der Waals surface area contributed by atoms with Gasteiger partial charge in [-0.2, -0.15) is 0 Å². The predicted molar refractivity (Wildman–Crippen MR) is 138 cm³/mol. The minimum absolute atomic E-state index is 0.121. The Morgan fingerprint density at radius 2 is 1.89 bits per heavy atom. The van der Waals surface area contributed by atoms with Crippen molar-refractivity contribution in [1.82, 2.24) is 14.6 Å². The van der Waals surface area contributed by atoms with Crippen LogP contribution in [-0.4, -0.2) is 61.2 Å². The van der Waals surface area contributed by atoms with Crippen LogP contribution in [-0.2, 0) is 14.8 Å². The molecular formula is C27H35N3O4S. The Morgan fingerprint density at radius 1 is 1.14 bits per heavy atom. The highest BCUT2D eigenvalue weighted by molar-refractivity contribution is 7.88. The number of pyridine rings is 1. The van der Waals surface area contributed by atoms with Gasteiger partial charge in [-0.3, -0.25) is 4.98 Å². The van der Waals surface area contributed by atoms with E-state index in [1.165, 1.54) is 5.56 Å². The molecule has 8 heteroatoms. The fraction of sp³-hybridized carbons (Fsp3) is 0.444. The summed E-state index contributed by atoms with van der Waals surface area (Å²) in [5.74, 6) is 0.556. The molecule has 2 aliphatic rings. The number of nitrogens with zero attached hydrogens (tertiary/aromatic N) is 2. The fourth-order valence-corrected chi connectivity index (χ4v) is 5.35. The van der Waals surface area contributed by atoms with Crippen molar-refractivity contribution in [2.75, 3.05) is 19.4 Å². The molecule has 2 atom stereocenters. The number of sulfonamides is 1. The van der Waals surface area contributed by atoms with Crippen LogP contribution in [0.4, 0.5) is 0 Å². The van der Waals surface area contributed by atoms with Crippen molar-refractivity contribution in [2.45, 2.75) is 56.9 Å². The Labute approximate surface area is 208 Å². The topological polar surface area (TPSA) is 91.8 Å². The molecule has 0 bridgehead atoms. The highest BCUT2D eigenvalue weighted by Crippen LogP contribution is 2.34. The van der Waals surface area contributed by atoms with Crippen molar-refractivity contribution < 1.29 is 18.3 Å². The van der Waals surface area contributed by atoms with E-state index in [1.54, 1.807) is 17.3 Å². The van der Waals surface area contributed by atoms with Gasteiger partial charge in [0.25, 0.3) is 0 Å². The first kappa shape index (κ1) is 25.6. The number of hydrogen-bond donors (Lipinski definition) is 2. The van der Waals surface area contributed by atoms with E-state index < -0.39 is 16.3 Å². The SMILES string of the molecule is CC1=CC(c2cccnc2)=CN(C(CNS(C)(=O)=O)COC2CCC(c3ccccc3)CC2)C1O. The van der Waals surface area contributed by atoms with Gasteiger partial charge in [0.2, 0.25) is 10.0 Å². The van der Waals surface area contributed by atoms with Crippen LogP contribution in [0.25, 0.3) is 5.57 Å². The van der Waals surface area contributed by atoms with E-state index in [-0.39, 0.29) is 18.7 Å². The first-order valence-electron chi connectivity index (χ1n) is 12.2. The van der Waals surface area contributed by atoms with Crippen molar-refractivity contribution in [3.05, 3.63) is 83.8 Å². The van der Waals surface area contributed by atoms with Gasteiger partial charge in [0.15, 0.2) is 0 Å². The van der Waals surface area contributed by atoms with Gasteiger partial charge in [-0.05, 0) is 67.4 Å². The average molecular weight is 498 g/mol.